The molecule has 228 valence electrons. The molecule has 4 N–H and O–H groups in total. The van der Waals surface area contributed by atoms with Crippen molar-refractivity contribution in [3.05, 3.63) is 0 Å². The molecule has 0 radical (unpaired) electrons. The minimum atomic E-state index is -1.06. The molecule has 41 heavy (non-hydrogen) atoms. The van der Waals surface area contributed by atoms with E-state index in [0.29, 0.717) is 13.0 Å². The van der Waals surface area contributed by atoms with E-state index in [2.05, 4.69) is 24.5 Å². The molecule has 10 nitrogen and oxygen atoms in total. The molecule has 0 aromatic carbocycles. The lowest BCUT2D eigenvalue weighted by Gasteiger charge is -2.38. The Labute approximate surface area is 243 Å². The highest BCUT2D eigenvalue weighted by Gasteiger charge is 2.69. The third-order valence-electron chi connectivity index (χ3n) is 10.8. The molecular formula is C31H48N4O6. The summed E-state index contributed by atoms with van der Waals surface area (Å²) < 4.78 is 5.91. The number of nitrogens with one attached hydrogen (secondary N) is 2. The second-order valence-electron chi connectivity index (χ2n) is 14.3. The molecule has 10 heteroatoms. The second-order valence-corrected chi connectivity index (χ2v) is 14.3. The predicted molar refractivity (Wildman–Crippen MR) is 151 cm³/mol. The number of hydrogen-bond acceptors (Lipinski definition) is 6. The molecule has 1 saturated heterocycles. The van der Waals surface area contributed by atoms with E-state index >= 15 is 0 Å². The summed E-state index contributed by atoms with van der Waals surface area (Å²) in [5.41, 5.74) is 4.65. The van der Waals surface area contributed by atoms with Gasteiger partial charge in [-0.3, -0.25) is 19.2 Å². The Hall–Kier alpha value is -2.65. The molecular weight excluding hydrogens is 524 g/mol. The fourth-order valence-corrected chi connectivity index (χ4v) is 7.97. The average molecular weight is 573 g/mol. The number of Topliss-reactive ketones (excluding diaryl/α,β-unsaturated/α-hetero) is 1. The van der Waals surface area contributed by atoms with E-state index in [1.165, 1.54) is 0 Å². The Morgan fingerprint density at radius 3 is 2.15 bits per heavy atom. The van der Waals surface area contributed by atoms with Gasteiger partial charge in [-0.25, -0.2) is 4.79 Å². The van der Waals surface area contributed by atoms with Gasteiger partial charge in [0.1, 0.15) is 17.7 Å². The van der Waals surface area contributed by atoms with E-state index in [4.69, 9.17) is 10.5 Å². The van der Waals surface area contributed by atoms with E-state index in [1.54, 1.807) is 4.90 Å². The summed E-state index contributed by atoms with van der Waals surface area (Å²) in [5, 5.41) is 5.77. The molecule has 5 rings (SSSR count). The van der Waals surface area contributed by atoms with Crippen LogP contribution >= 0.6 is 0 Å². The van der Waals surface area contributed by atoms with Crippen LogP contribution in [0.25, 0.3) is 0 Å². The first-order valence-electron chi connectivity index (χ1n) is 15.9. The number of carbonyl (C=O) groups is 5. The van der Waals surface area contributed by atoms with Crippen LogP contribution in [0.1, 0.15) is 104 Å². The number of likely N-dealkylation sites (tertiary alicyclic amines) is 1. The van der Waals surface area contributed by atoms with E-state index in [-0.39, 0.29) is 35.0 Å². The Morgan fingerprint density at radius 2 is 1.54 bits per heavy atom. The topological polar surface area (TPSA) is 148 Å². The van der Waals surface area contributed by atoms with Gasteiger partial charge >= 0.3 is 6.09 Å². The number of fused-ring (bicyclic) bond motifs is 1. The Bertz CT molecular complexity index is 1060. The number of primary amides is 1. The van der Waals surface area contributed by atoms with Crippen LogP contribution in [0.5, 0.6) is 0 Å². The van der Waals surface area contributed by atoms with Crippen molar-refractivity contribution in [2.45, 2.75) is 128 Å². The van der Waals surface area contributed by atoms with Gasteiger partial charge in [0.15, 0.2) is 0 Å². The number of rotatable bonds is 10. The summed E-state index contributed by atoms with van der Waals surface area (Å²) in [7, 11) is 0. The van der Waals surface area contributed by atoms with Crippen LogP contribution in [0, 0.1) is 29.1 Å². The molecule has 5 atom stereocenters. The highest BCUT2D eigenvalue weighted by molar-refractivity contribution is 6.37. The number of nitrogens with zero attached hydrogens (tertiary/aromatic N) is 1. The number of piperidine rings is 1. The summed E-state index contributed by atoms with van der Waals surface area (Å²) in [6, 6.07) is -2.53. The van der Waals surface area contributed by atoms with Crippen LogP contribution in [0.2, 0.25) is 0 Å². The van der Waals surface area contributed by atoms with Gasteiger partial charge in [-0.1, -0.05) is 52.4 Å². The highest BCUT2D eigenvalue weighted by Crippen LogP contribution is 2.65. The van der Waals surface area contributed by atoms with E-state index in [1.807, 2.05) is 6.92 Å². The maximum atomic E-state index is 14.3. The fraction of sp³-hybridized carbons (Fsp3) is 0.839. The molecule has 1 aliphatic heterocycles. The molecule has 0 bridgehead atoms. The van der Waals surface area contributed by atoms with Gasteiger partial charge in [0, 0.05) is 6.54 Å². The first-order valence-corrected chi connectivity index (χ1v) is 15.9. The lowest BCUT2D eigenvalue weighted by atomic mass is 9.83. The number of amides is 4. The van der Waals surface area contributed by atoms with Gasteiger partial charge in [-0.2, -0.15) is 0 Å². The molecule has 5 aliphatic rings. The van der Waals surface area contributed by atoms with Crippen LogP contribution in [0.3, 0.4) is 0 Å². The van der Waals surface area contributed by atoms with Gasteiger partial charge in [0.25, 0.3) is 5.91 Å². The van der Waals surface area contributed by atoms with Crippen LogP contribution in [-0.4, -0.2) is 64.8 Å². The SMILES string of the molecule is CC1(OC(=O)N[C@H](C(=O)N2C[C@H]3[C@@H]([C@H]2C(=O)NC(CC2CC2)C(=O)C(N)=O)C3(C)C)C2CCCCC2)CCCCC1. The standard InChI is InChI=1S/C31H48N4O6/c1-30(2)20-17-35(24(22(20)30)27(38)33-21(16-18-12-13-18)25(36)26(32)37)28(39)23(19-10-6-4-7-11-19)34-29(40)41-31(3)14-8-5-9-15-31/h18-24H,4-17H2,1-3H3,(H2,32,37)(H,33,38)(H,34,40)/t20-,21?,22-,23-,24-/m0/s1. The zero-order valence-corrected chi connectivity index (χ0v) is 24.9. The van der Waals surface area contributed by atoms with Gasteiger partial charge in [0.05, 0.1) is 6.04 Å². The second kappa shape index (κ2) is 11.6. The molecule has 4 saturated carbocycles. The monoisotopic (exact) mass is 572 g/mol. The molecule has 0 spiro atoms. The quantitative estimate of drug-likeness (QED) is 0.343. The minimum Gasteiger partial charge on any atom is -0.443 e. The van der Waals surface area contributed by atoms with E-state index in [0.717, 1.165) is 77.0 Å². The lowest BCUT2D eigenvalue weighted by Crippen LogP contribution is -2.60. The van der Waals surface area contributed by atoms with Crippen molar-refractivity contribution in [3.63, 3.8) is 0 Å². The van der Waals surface area contributed by atoms with Crippen LogP contribution < -0.4 is 16.4 Å². The third-order valence-corrected chi connectivity index (χ3v) is 10.8. The van der Waals surface area contributed by atoms with Crippen molar-refractivity contribution in [3.8, 4) is 0 Å². The molecule has 5 fully saturated rings. The molecule has 4 amide bonds. The molecule has 1 heterocycles. The van der Waals surface area contributed by atoms with Crippen molar-refractivity contribution in [1.82, 2.24) is 15.5 Å². The maximum Gasteiger partial charge on any atom is 0.408 e. The number of ketones is 1. The first-order chi connectivity index (χ1) is 19.4. The van der Waals surface area contributed by atoms with Crippen molar-refractivity contribution in [1.29, 1.82) is 0 Å². The number of ether oxygens (including phenoxy) is 1. The molecule has 0 aromatic heterocycles. The number of hydrogen-bond donors (Lipinski definition) is 3. The lowest BCUT2D eigenvalue weighted by molar-refractivity contribution is -0.144. The summed E-state index contributed by atoms with van der Waals surface area (Å²) in [6.45, 7) is 6.58. The smallest absolute Gasteiger partial charge is 0.408 e. The van der Waals surface area contributed by atoms with Crippen molar-refractivity contribution in [2.75, 3.05) is 6.54 Å². The Kier molecular flexibility index (Phi) is 8.41. The van der Waals surface area contributed by atoms with Crippen molar-refractivity contribution < 1.29 is 28.7 Å². The predicted octanol–water partition coefficient (Wildman–Crippen LogP) is 3.21. The number of nitrogens with two attached hydrogens (primary N) is 1. The summed E-state index contributed by atoms with van der Waals surface area (Å²) in [4.78, 5) is 67.3. The first kappa shape index (κ1) is 29.8. The zero-order chi connectivity index (χ0) is 29.5. The van der Waals surface area contributed by atoms with Crippen molar-refractivity contribution in [2.24, 2.45) is 34.8 Å². The summed E-state index contributed by atoms with van der Waals surface area (Å²) >= 11 is 0. The number of carbonyl (C=O) groups excluding carboxylic acids is 5. The number of alkyl carbamates (subject to hydrolysis) is 1. The van der Waals surface area contributed by atoms with Gasteiger partial charge in [0.2, 0.25) is 17.6 Å². The van der Waals surface area contributed by atoms with Crippen molar-refractivity contribution >= 4 is 29.6 Å². The van der Waals surface area contributed by atoms with Gasteiger partial charge in [-0.15, -0.1) is 0 Å². The Morgan fingerprint density at radius 1 is 0.902 bits per heavy atom. The fourth-order valence-electron chi connectivity index (χ4n) is 7.97. The van der Waals surface area contributed by atoms with Gasteiger partial charge < -0.3 is 26.0 Å². The average Bonchev–Trinajstić information content (AvgIpc) is 3.78. The minimum absolute atomic E-state index is 0.0318. The third kappa shape index (κ3) is 6.41. The van der Waals surface area contributed by atoms with Crippen LogP contribution in [0.15, 0.2) is 0 Å². The van der Waals surface area contributed by atoms with Crippen LogP contribution in [0.4, 0.5) is 4.79 Å². The van der Waals surface area contributed by atoms with E-state index in [9.17, 15) is 24.0 Å². The molecule has 1 unspecified atom stereocenters. The molecule has 0 aromatic rings. The molecule has 4 aliphatic carbocycles. The maximum absolute atomic E-state index is 14.3. The van der Waals surface area contributed by atoms with E-state index < -0.39 is 47.4 Å². The van der Waals surface area contributed by atoms with Crippen LogP contribution in [-0.2, 0) is 23.9 Å². The zero-order valence-electron chi connectivity index (χ0n) is 24.9. The highest BCUT2D eigenvalue weighted by atomic mass is 16.6. The largest absolute Gasteiger partial charge is 0.443 e. The Balaban J connectivity index is 1.34. The van der Waals surface area contributed by atoms with Gasteiger partial charge in [-0.05, 0) is 81.0 Å². The normalized spacial score (nSPS) is 29.9. The summed E-state index contributed by atoms with van der Waals surface area (Å²) in [5.74, 6) is -2.20. The summed E-state index contributed by atoms with van der Waals surface area (Å²) in [6.07, 6.45) is 11.2.